The van der Waals surface area contributed by atoms with E-state index < -0.39 is 22.2 Å². The number of rotatable bonds is 10. The standard InChI is InChI=1S/C19H32O2.C16H26O4.C14H20O4/c1-6-17(2,3)16(20)21-18(4,5)19-10-13-7-14(11-19)9-15(8-13)12-19;1-4-13(2,3)12(17)20-16-7-11-5-14(18,9-16)8-15(19,6-11)10-16;1-3-7(2)14(16)18-12-8-4-9-10(5-8)13(12)17-6-11(9)15/h13-15H,6-12H2,1-5H3;11,18-19H,4-10H2,1-3H3;7-10,12-13H,3-6H2,1-2H3. The van der Waals surface area contributed by atoms with Gasteiger partial charge in [0.05, 0.1) is 34.1 Å². The van der Waals surface area contributed by atoms with Crippen LogP contribution in [0.2, 0.25) is 0 Å². The van der Waals surface area contributed by atoms with Gasteiger partial charge in [-0.2, -0.15) is 0 Å². The Morgan fingerprint density at radius 1 is 0.746 bits per heavy atom. The lowest BCUT2D eigenvalue weighted by Crippen LogP contribution is -2.67. The molecule has 8 unspecified atom stereocenters. The molecule has 334 valence electrons. The number of aliphatic hydroxyl groups is 2. The van der Waals surface area contributed by atoms with Gasteiger partial charge in [-0.1, -0.05) is 27.7 Å². The SMILES string of the molecule is CCC(C)(C)C(=O)OC(C)(C)C12CC3CC(CC(C3)C1)C2.CCC(C)(C)C(=O)OC12CC3CC(O)(CC(O)(C3)C1)C2.CCC(C)C(=O)OC1C2CC3C(=O)COC1C3C2. The molecule has 10 saturated carbocycles. The molecule has 0 amide bonds. The van der Waals surface area contributed by atoms with Gasteiger partial charge in [-0.15, -0.1) is 0 Å². The fourth-order valence-electron chi connectivity index (χ4n) is 14.0. The molecule has 11 rings (SSSR count). The number of carbonyl (C=O) groups is 4. The molecule has 59 heavy (non-hydrogen) atoms. The van der Waals surface area contributed by atoms with E-state index in [0.717, 1.165) is 69.1 Å². The van der Waals surface area contributed by atoms with E-state index in [9.17, 15) is 29.4 Å². The first-order valence-electron chi connectivity index (χ1n) is 23.6. The fourth-order valence-corrected chi connectivity index (χ4v) is 14.0. The zero-order valence-corrected chi connectivity index (χ0v) is 38.2. The summed E-state index contributed by atoms with van der Waals surface area (Å²) in [6.07, 6.45) is 15.9. The zero-order valence-electron chi connectivity index (χ0n) is 38.2. The van der Waals surface area contributed by atoms with E-state index in [2.05, 4.69) is 20.8 Å². The van der Waals surface area contributed by atoms with Gasteiger partial charge in [0, 0.05) is 30.6 Å². The van der Waals surface area contributed by atoms with Crippen molar-refractivity contribution in [1.29, 1.82) is 0 Å². The molecule has 10 nitrogen and oxygen atoms in total. The predicted octanol–water partition coefficient (Wildman–Crippen LogP) is 8.69. The second kappa shape index (κ2) is 15.6. The Hall–Kier alpha value is -2.04. The largest absolute Gasteiger partial charge is 0.459 e. The first-order chi connectivity index (χ1) is 27.4. The number of hydrogen-bond acceptors (Lipinski definition) is 10. The van der Waals surface area contributed by atoms with Crippen molar-refractivity contribution in [3.63, 3.8) is 0 Å². The molecule has 11 aliphatic rings. The topological polar surface area (TPSA) is 146 Å². The van der Waals surface area contributed by atoms with Crippen LogP contribution in [0, 0.1) is 63.6 Å². The summed E-state index contributed by atoms with van der Waals surface area (Å²) in [6, 6.07) is 0. The molecule has 1 heterocycles. The molecule has 1 saturated heterocycles. The Bertz CT molecular complexity index is 1570. The number of ketones is 1. The number of fused-ring (bicyclic) bond motifs is 1. The Morgan fingerprint density at radius 2 is 1.29 bits per heavy atom. The van der Waals surface area contributed by atoms with Crippen molar-refractivity contribution >= 4 is 23.7 Å². The maximum atomic E-state index is 12.6. The molecule has 2 N–H and O–H groups in total. The van der Waals surface area contributed by atoms with Crippen molar-refractivity contribution in [3.8, 4) is 0 Å². The van der Waals surface area contributed by atoms with E-state index in [1.807, 2.05) is 48.5 Å². The third-order valence-corrected chi connectivity index (χ3v) is 17.8. The van der Waals surface area contributed by atoms with Gasteiger partial charge in [-0.25, -0.2) is 0 Å². The van der Waals surface area contributed by atoms with Crippen LogP contribution < -0.4 is 0 Å². The van der Waals surface area contributed by atoms with Gasteiger partial charge in [0.2, 0.25) is 0 Å². The van der Waals surface area contributed by atoms with E-state index in [0.29, 0.717) is 31.1 Å². The van der Waals surface area contributed by atoms with Crippen molar-refractivity contribution in [2.75, 3.05) is 6.61 Å². The van der Waals surface area contributed by atoms with Gasteiger partial charge in [0.25, 0.3) is 0 Å². The number of carbonyl (C=O) groups excluding carboxylic acids is 4. The van der Waals surface area contributed by atoms with Gasteiger partial charge in [-0.3, -0.25) is 19.2 Å². The van der Waals surface area contributed by atoms with E-state index in [1.54, 1.807) is 0 Å². The van der Waals surface area contributed by atoms with Crippen molar-refractivity contribution in [1.82, 2.24) is 0 Å². The molecule has 0 spiro atoms. The summed E-state index contributed by atoms with van der Waals surface area (Å²) in [5.74, 6) is 3.64. The first-order valence-corrected chi connectivity index (χ1v) is 23.6. The summed E-state index contributed by atoms with van der Waals surface area (Å²) in [7, 11) is 0. The van der Waals surface area contributed by atoms with Gasteiger partial charge >= 0.3 is 17.9 Å². The molecule has 8 atom stereocenters. The third-order valence-electron chi connectivity index (χ3n) is 17.8. The van der Waals surface area contributed by atoms with Crippen molar-refractivity contribution in [3.05, 3.63) is 0 Å². The lowest BCUT2D eigenvalue weighted by molar-refractivity contribution is -0.264. The van der Waals surface area contributed by atoms with Crippen LogP contribution in [0.3, 0.4) is 0 Å². The Morgan fingerprint density at radius 3 is 1.80 bits per heavy atom. The Labute approximate surface area is 354 Å². The smallest absolute Gasteiger partial charge is 0.312 e. The molecule has 10 aliphatic carbocycles. The normalized spacial score (nSPS) is 42.6. The summed E-state index contributed by atoms with van der Waals surface area (Å²) >= 11 is 0. The molecule has 10 bridgehead atoms. The minimum absolute atomic E-state index is 0.00857. The highest BCUT2D eigenvalue weighted by Crippen LogP contribution is 2.65. The fraction of sp³-hybridized carbons (Fsp3) is 0.918. The maximum absolute atomic E-state index is 12.6. The lowest BCUT2D eigenvalue weighted by Gasteiger charge is -2.62. The molecule has 10 heteroatoms. The lowest BCUT2D eigenvalue weighted by atomic mass is 9.46. The maximum Gasteiger partial charge on any atom is 0.312 e. The van der Waals surface area contributed by atoms with Crippen LogP contribution in [0.4, 0.5) is 0 Å². The summed E-state index contributed by atoms with van der Waals surface area (Å²) in [5, 5.41) is 21.3. The summed E-state index contributed by atoms with van der Waals surface area (Å²) < 4.78 is 23.3. The molecule has 11 fully saturated rings. The molecule has 0 aromatic rings. The number of Topliss-reactive ketones (excluding diaryl/α,β-unsaturated/α-hetero) is 1. The van der Waals surface area contributed by atoms with Crippen molar-refractivity contribution in [2.45, 2.75) is 213 Å². The average Bonchev–Trinajstić information content (AvgIpc) is 3.72. The van der Waals surface area contributed by atoms with Crippen LogP contribution in [0.5, 0.6) is 0 Å². The number of ether oxygens (including phenoxy) is 4. The molecule has 0 aromatic heterocycles. The monoisotopic (exact) mass is 827 g/mol. The van der Waals surface area contributed by atoms with Gasteiger partial charge in [-0.05, 0) is 167 Å². The minimum Gasteiger partial charge on any atom is -0.459 e. The van der Waals surface area contributed by atoms with E-state index in [4.69, 9.17) is 18.9 Å². The van der Waals surface area contributed by atoms with E-state index in [-0.39, 0.29) is 76.7 Å². The highest BCUT2D eigenvalue weighted by atomic mass is 16.6. The second-order valence-corrected chi connectivity index (χ2v) is 23.6. The summed E-state index contributed by atoms with van der Waals surface area (Å²) in [6.45, 7) is 20.3. The highest BCUT2D eigenvalue weighted by Gasteiger charge is 2.65. The zero-order chi connectivity index (χ0) is 43.1. The highest BCUT2D eigenvalue weighted by molar-refractivity contribution is 5.84. The van der Waals surface area contributed by atoms with Gasteiger partial charge in [0.15, 0.2) is 5.78 Å². The number of hydrogen-bond donors (Lipinski definition) is 2. The second-order valence-electron chi connectivity index (χ2n) is 23.6. The quantitative estimate of drug-likeness (QED) is 0.162. The molecular weight excluding hydrogens is 749 g/mol. The Balaban J connectivity index is 0.000000135. The first kappa shape index (κ1) is 45.0. The average molecular weight is 827 g/mol. The van der Waals surface area contributed by atoms with E-state index in [1.165, 1.54) is 38.5 Å². The van der Waals surface area contributed by atoms with Crippen molar-refractivity contribution in [2.24, 2.45) is 63.6 Å². The molecule has 0 radical (unpaired) electrons. The van der Waals surface area contributed by atoms with Gasteiger partial charge < -0.3 is 29.2 Å². The predicted molar refractivity (Wildman–Crippen MR) is 223 cm³/mol. The molecular formula is C49H78O10. The van der Waals surface area contributed by atoms with Crippen LogP contribution in [0.15, 0.2) is 0 Å². The summed E-state index contributed by atoms with van der Waals surface area (Å²) in [4.78, 5) is 48.6. The van der Waals surface area contributed by atoms with Gasteiger partial charge in [0.1, 0.15) is 23.9 Å². The summed E-state index contributed by atoms with van der Waals surface area (Å²) in [5.41, 5.74) is -3.26. The Kier molecular flexibility index (Phi) is 11.9. The van der Waals surface area contributed by atoms with Crippen LogP contribution in [0.1, 0.15) is 178 Å². The molecule has 0 aromatic carbocycles. The minimum atomic E-state index is -0.842. The van der Waals surface area contributed by atoms with Crippen LogP contribution >= 0.6 is 0 Å². The third kappa shape index (κ3) is 8.56. The number of esters is 3. The van der Waals surface area contributed by atoms with E-state index >= 15 is 0 Å². The van der Waals surface area contributed by atoms with Crippen LogP contribution in [-0.4, -0.2) is 75.1 Å². The van der Waals surface area contributed by atoms with Crippen LogP contribution in [0.25, 0.3) is 0 Å². The van der Waals surface area contributed by atoms with Crippen LogP contribution in [-0.2, 0) is 38.1 Å². The molecule has 1 aliphatic heterocycles. The van der Waals surface area contributed by atoms with Crippen molar-refractivity contribution < 1.29 is 48.3 Å².